The van der Waals surface area contributed by atoms with Gasteiger partial charge >= 0.3 is 0 Å². The number of nitriles is 1. The van der Waals surface area contributed by atoms with Crippen LogP contribution in [0, 0.1) is 11.3 Å². The van der Waals surface area contributed by atoms with Gasteiger partial charge in [0.05, 0.1) is 6.20 Å². The number of aromatic nitrogens is 2. The second kappa shape index (κ2) is 5.02. The number of nitrogens with zero attached hydrogens (tertiary/aromatic N) is 3. The molecule has 0 aliphatic heterocycles. The van der Waals surface area contributed by atoms with Gasteiger partial charge in [0.2, 0.25) is 5.95 Å². The van der Waals surface area contributed by atoms with Gasteiger partial charge in [0.1, 0.15) is 17.5 Å². The summed E-state index contributed by atoms with van der Waals surface area (Å²) in [4.78, 5) is 7.91. The van der Waals surface area contributed by atoms with Crippen molar-refractivity contribution in [2.45, 2.75) is 19.8 Å². The molecule has 1 rings (SSSR count). The topological polar surface area (TPSA) is 87.6 Å². The zero-order valence-corrected chi connectivity index (χ0v) is 8.12. The van der Waals surface area contributed by atoms with E-state index in [9.17, 15) is 0 Å². The molecule has 5 nitrogen and oxygen atoms in total. The first-order valence-corrected chi connectivity index (χ1v) is 4.54. The predicted molar refractivity (Wildman–Crippen MR) is 54.6 cm³/mol. The Morgan fingerprint density at radius 1 is 1.64 bits per heavy atom. The Bertz CT molecular complexity index is 342. The second-order valence-electron chi connectivity index (χ2n) is 2.88. The minimum atomic E-state index is 0.224. The highest BCUT2D eigenvalue weighted by atomic mass is 15.1. The Morgan fingerprint density at radius 3 is 3.00 bits per heavy atom. The molecule has 0 atom stereocenters. The molecule has 5 heteroatoms. The van der Waals surface area contributed by atoms with E-state index in [-0.39, 0.29) is 5.82 Å². The lowest BCUT2D eigenvalue weighted by Gasteiger charge is -2.03. The van der Waals surface area contributed by atoms with Crippen molar-refractivity contribution in [3.8, 4) is 6.07 Å². The van der Waals surface area contributed by atoms with E-state index in [0.717, 1.165) is 19.4 Å². The number of hydrogen-bond acceptors (Lipinski definition) is 5. The second-order valence-corrected chi connectivity index (χ2v) is 2.88. The van der Waals surface area contributed by atoms with Gasteiger partial charge in [-0.15, -0.1) is 0 Å². The van der Waals surface area contributed by atoms with Crippen molar-refractivity contribution in [1.29, 1.82) is 5.26 Å². The van der Waals surface area contributed by atoms with E-state index in [0.29, 0.717) is 11.5 Å². The molecule has 0 aliphatic rings. The molecule has 1 aromatic rings. The van der Waals surface area contributed by atoms with E-state index in [2.05, 4.69) is 22.2 Å². The Balaban J connectivity index is 2.63. The summed E-state index contributed by atoms with van der Waals surface area (Å²) in [6.07, 6.45) is 3.60. The van der Waals surface area contributed by atoms with Crippen LogP contribution in [-0.2, 0) is 0 Å². The summed E-state index contributed by atoms with van der Waals surface area (Å²) in [6, 6.07) is 1.91. The van der Waals surface area contributed by atoms with Crippen LogP contribution in [0.4, 0.5) is 11.8 Å². The van der Waals surface area contributed by atoms with Crippen LogP contribution in [-0.4, -0.2) is 16.5 Å². The molecule has 0 saturated carbocycles. The highest BCUT2D eigenvalue weighted by molar-refractivity contribution is 5.49. The van der Waals surface area contributed by atoms with E-state index >= 15 is 0 Å². The molecule has 0 bridgehead atoms. The summed E-state index contributed by atoms with van der Waals surface area (Å²) in [5.74, 6) is 0.705. The molecule has 0 fully saturated rings. The largest absolute Gasteiger partial charge is 0.382 e. The number of nitrogen functional groups attached to an aromatic ring is 1. The van der Waals surface area contributed by atoms with Gasteiger partial charge in [-0.25, -0.2) is 4.98 Å². The van der Waals surface area contributed by atoms with E-state index in [4.69, 9.17) is 11.0 Å². The van der Waals surface area contributed by atoms with E-state index < -0.39 is 0 Å². The fourth-order valence-corrected chi connectivity index (χ4v) is 0.943. The first kappa shape index (κ1) is 10.3. The van der Waals surface area contributed by atoms with Gasteiger partial charge in [-0.1, -0.05) is 13.3 Å². The Morgan fingerprint density at radius 2 is 2.43 bits per heavy atom. The molecule has 0 aliphatic carbocycles. The van der Waals surface area contributed by atoms with E-state index in [1.165, 1.54) is 6.20 Å². The van der Waals surface area contributed by atoms with Crippen LogP contribution >= 0.6 is 0 Å². The normalized spacial score (nSPS) is 9.43. The van der Waals surface area contributed by atoms with Crippen molar-refractivity contribution in [3.05, 3.63) is 11.8 Å². The molecule has 0 saturated heterocycles. The van der Waals surface area contributed by atoms with Crippen molar-refractivity contribution in [1.82, 2.24) is 9.97 Å². The number of nitrogens with two attached hydrogens (primary N) is 1. The fourth-order valence-electron chi connectivity index (χ4n) is 0.943. The minimum Gasteiger partial charge on any atom is -0.382 e. The lowest BCUT2D eigenvalue weighted by molar-refractivity contribution is 0.826. The van der Waals surface area contributed by atoms with Crippen LogP contribution in [0.25, 0.3) is 0 Å². The van der Waals surface area contributed by atoms with E-state index in [1.807, 2.05) is 6.07 Å². The Kier molecular flexibility index (Phi) is 3.68. The third-order valence-corrected chi connectivity index (χ3v) is 1.75. The zero-order valence-electron chi connectivity index (χ0n) is 8.12. The number of hydrogen-bond donors (Lipinski definition) is 2. The highest BCUT2D eigenvalue weighted by Crippen LogP contribution is 2.08. The minimum absolute atomic E-state index is 0.224. The van der Waals surface area contributed by atoms with Crippen LogP contribution in [0.5, 0.6) is 0 Å². The van der Waals surface area contributed by atoms with Gasteiger partial charge in [0.15, 0.2) is 0 Å². The van der Waals surface area contributed by atoms with Gasteiger partial charge in [0.25, 0.3) is 0 Å². The van der Waals surface area contributed by atoms with Crippen LogP contribution in [0.1, 0.15) is 25.3 Å². The molecule has 0 radical (unpaired) electrons. The molecule has 1 aromatic heterocycles. The maximum absolute atomic E-state index is 8.59. The summed E-state index contributed by atoms with van der Waals surface area (Å²) in [7, 11) is 0. The first-order valence-electron chi connectivity index (χ1n) is 4.54. The summed E-state index contributed by atoms with van der Waals surface area (Å²) in [6.45, 7) is 2.93. The fraction of sp³-hybridized carbons (Fsp3) is 0.444. The monoisotopic (exact) mass is 191 g/mol. The van der Waals surface area contributed by atoms with Crippen LogP contribution < -0.4 is 11.1 Å². The molecule has 0 aromatic carbocycles. The molecule has 3 N–H and O–H groups in total. The maximum atomic E-state index is 8.59. The average molecular weight is 191 g/mol. The number of rotatable bonds is 4. The Hall–Kier alpha value is -1.83. The molecule has 74 valence electrons. The maximum Gasteiger partial charge on any atom is 0.224 e. The molecule has 14 heavy (non-hydrogen) atoms. The van der Waals surface area contributed by atoms with Crippen LogP contribution in [0.2, 0.25) is 0 Å². The number of nitrogens with one attached hydrogen (secondary N) is 1. The van der Waals surface area contributed by atoms with E-state index in [1.54, 1.807) is 0 Å². The van der Waals surface area contributed by atoms with Crippen molar-refractivity contribution in [2.24, 2.45) is 0 Å². The number of anilines is 2. The lowest BCUT2D eigenvalue weighted by atomic mass is 10.3. The average Bonchev–Trinajstić information content (AvgIpc) is 2.18. The highest BCUT2D eigenvalue weighted by Gasteiger charge is 2.01. The molecule has 0 amide bonds. The van der Waals surface area contributed by atoms with Crippen LogP contribution in [0.15, 0.2) is 6.20 Å². The summed E-state index contributed by atoms with van der Waals surface area (Å²) in [5, 5.41) is 11.6. The van der Waals surface area contributed by atoms with Crippen molar-refractivity contribution in [3.63, 3.8) is 0 Å². The molecular weight excluding hydrogens is 178 g/mol. The third kappa shape index (κ3) is 2.59. The zero-order chi connectivity index (χ0) is 10.4. The molecular formula is C9H13N5. The first-order chi connectivity index (χ1) is 6.77. The SMILES string of the molecule is CCCCNc1ncc(C#N)c(N)n1. The summed E-state index contributed by atoms with van der Waals surface area (Å²) in [5.41, 5.74) is 5.83. The third-order valence-electron chi connectivity index (χ3n) is 1.75. The standard InChI is InChI=1S/C9H13N5/c1-2-3-4-12-9-13-6-7(5-10)8(11)14-9/h6H,2-4H2,1H3,(H3,11,12,13,14). The summed E-state index contributed by atoms with van der Waals surface area (Å²) < 4.78 is 0. The van der Waals surface area contributed by atoms with Gasteiger partial charge in [-0.05, 0) is 6.42 Å². The van der Waals surface area contributed by atoms with Crippen molar-refractivity contribution in [2.75, 3.05) is 17.6 Å². The van der Waals surface area contributed by atoms with Crippen molar-refractivity contribution >= 4 is 11.8 Å². The smallest absolute Gasteiger partial charge is 0.224 e. The quantitative estimate of drug-likeness (QED) is 0.697. The van der Waals surface area contributed by atoms with Gasteiger partial charge in [-0.2, -0.15) is 10.2 Å². The summed E-state index contributed by atoms with van der Waals surface area (Å²) >= 11 is 0. The molecule has 0 unspecified atom stereocenters. The van der Waals surface area contributed by atoms with Gasteiger partial charge in [0, 0.05) is 6.54 Å². The predicted octanol–water partition coefficient (Wildman–Crippen LogP) is 1.14. The lowest BCUT2D eigenvalue weighted by Crippen LogP contribution is -2.07. The van der Waals surface area contributed by atoms with Crippen molar-refractivity contribution < 1.29 is 0 Å². The number of unbranched alkanes of at least 4 members (excludes halogenated alkanes) is 1. The molecule has 1 heterocycles. The van der Waals surface area contributed by atoms with Gasteiger partial charge in [-0.3, -0.25) is 0 Å². The van der Waals surface area contributed by atoms with Crippen LogP contribution in [0.3, 0.4) is 0 Å². The van der Waals surface area contributed by atoms with Gasteiger partial charge < -0.3 is 11.1 Å². The molecule has 0 spiro atoms. The Labute approximate surface area is 83.0 Å².